The number of ketones is 1. The second kappa shape index (κ2) is 5.29. The number of carbonyl (C=O) groups excluding carboxylic acids is 2. The lowest BCUT2D eigenvalue weighted by Gasteiger charge is -2.12. The molecule has 1 saturated heterocycles. The van der Waals surface area contributed by atoms with Gasteiger partial charge in [0.15, 0.2) is 5.78 Å². The van der Waals surface area contributed by atoms with Crippen molar-refractivity contribution in [2.75, 3.05) is 13.1 Å². The summed E-state index contributed by atoms with van der Waals surface area (Å²) in [5.41, 5.74) is 1.58. The molecule has 2 N–H and O–H groups in total. The molecule has 0 unspecified atom stereocenters. The maximum absolute atomic E-state index is 12.9. The number of rotatable bonds is 4. The topological polar surface area (TPSA) is 86.7 Å². The number of hydrogen-bond donors (Lipinski definition) is 2. The summed E-state index contributed by atoms with van der Waals surface area (Å²) in [5.74, 6) is -2.10. The van der Waals surface area contributed by atoms with Gasteiger partial charge in [0.2, 0.25) is 5.91 Å². The van der Waals surface area contributed by atoms with E-state index in [9.17, 15) is 14.4 Å². The van der Waals surface area contributed by atoms with E-state index in [1.165, 1.54) is 4.90 Å². The molecular formula is C16H16N2O4. The van der Waals surface area contributed by atoms with E-state index in [0.29, 0.717) is 24.5 Å². The minimum absolute atomic E-state index is 0.274. The molecule has 1 atom stereocenters. The second-order valence-corrected chi connectivity index (χ2v) is 5.47. The van der Waals surface area contributed by atoms with E-state index < -0.39 is 11.9 Å². The Morgan fingerprint density at radius 2 is 2.09 bits per heavy atom. The van der Waals surface area contributed by atoms with Gasteiger partial charge in [-0.15, -0.1) is 0 Å². The van der Waals surface area contributed by atoms with Crippen LogP contribution >= 0.6 is 0 Å². The molecule has 3 rings (SSSR count). The smallest absolute Gasteiger partial charge is 0.304 e. The third-order valence-electron chi connectivity index (χ3n) is 4.08. The number of benzene rings is 1. The van der Waals surface area contributed by atoms with E-state index in [0.717, 1.165) is 5.56 Å². The average Bonchev–Trinajstić information content (AvgIpc) is 3.02. The monoisotopic (exact) mass is 300 g/mol. The van der Waals surface area contributed by atoms with Gasteiger partial charge in [-0.2, -0.15) is 0 Å². The molecule has 0 spiro atoms. The lowest BCUT2D eigenvalue weighted by atomic mass is 9.89. The minimum Gasteiger partial charge on any atom is -0.481 e. The lowest BCUT2D eigenvalue weighted by Crippen LogP contribution is -2.29. The predicted molar refractivity (Wildman–Crippen MR) is 78.0 cm³/mol. The number of aryl methyl sites for hydroxylation is 1. The van der Waals surface area contributed by atoms with E-state index in [1.807, 2.05) is 19.1 Å². The van der Waals surface area contributed by atoms with Crippen molar-refractivity contribution >= 4 is 17.7 Å². The van der Waals surface area contributed by atoms with Crippen molar-refractivity contribution < 1.29 is 19.5 Å². The lowest BCUT2D eigenvalue weighted by molar-refractivity contribution is -0.141. The molecule has 0 aliphatic carbocycles. The molecule has 2 aliphatic heterocycles. The second-order valence-electron chi connectivity index (χ2n) is 5.47. The highest BCUT2D eigenvalue weighted by atomic mass is 16.4. The number of carbonyl (C=O) groups is 3. The molecular weight excluding hydrogens is 284 g/mol. The molecule has 22 heavy (non-hydrogen) atoms. The molecule has 1 amide bonds. The van der Waals surface area contributed by atoms with Gasteiger partial charge in [-0.1, -0.05) is 24.3 Å². The zero-order valence-electron chi connectivity index (χ0n) is 12.1. The van der Waals surface area contributed by atoms with Gasteiger partial charge in [0.1, 0.15) is 5.82 Å². The number of aliphatic carboxylic acids is 1. The fourth-order valence-corrected chi connectivity index (χ4v) is 3.03. The Labute approximate surface area is 127 Å². The van der Waals surface area contributed by atoms with Crippen LogP contribution in [-0.4, -0.2) is 40.8 Å². The van der Waals surface area contributed by atoms with E-state index in [1.54, 1.807) is 12.1 Å². The van der Waals surface area contributed by atoms with Crippen LogP contribution in [0.25, 0.3) is 0 Å². The number of Topliss-reactive ketones (excluding diaryl/α,β-unsaturated/α-hetero) is 1. The highest BCUT2D eigenvalue weighted by Crippen LogP contribution is 2.35. The standard InChI is InChI=1S/C16H16N2O4/c1-9-4-2-3-5-10(9)14(21)13-11(8-12(19)20)16(22)18-7-6-17-15(13)18/h2-5,11,17H,6-8H2,1H3,(H,19,20)/t11-/m1/s1. The van der Waals surface area contributed by atoms with Gasteiger partial charge in [-0.3, -0.25) is 19.3 Å². The van der Waals surface area contributed by atoms with Crippen LogP contribution in [0, 0.1) is 12.8 Å². The van der Waals surface area contributed by atoms with E-state index in [-0.39, 0.29) is 23.7 Å². The predicted octanol–water partition coefficient (Wildman–Crippen LogP) is 0.926. The van der Waals surface area contributed by atoms with Crippen molar-refractivity contribution in [2.45, 2.75) is 13.3 Å². The first-order chi connectivity index (χ1) is 10.5. The average molecular weight is 300 g/mol. The molecule has 2 aliphatic rings. The Morgan fingerprint density at radius 3 is 2.77 bits per heavy atom. The molecule has 1 fully saturated rings. The Bertz CT molecular complexity index is 708. The number of carboxylic acids is 1. The van der Waals surface area contributed by atoms with Crippen LogP contribution in [0.3, 0.4) is 0 Å². The number of fused-ring (bicyclic) bond motifs is 1. The Morgan fingerprint density at radius 1 is 1.36 bits per heavy atom. The minimum atomic E-state index is -1.09. The fraction of sp³-hybridized carbons (Fsp3) is 0.312. The van der Waals surface area contributed by atoms with Crippen molar-refractivity contribution in [2.24, 2.45) is 5.92 Å². The third-order valence-corrected chi connectivity index (χ3v) is 4.08. The number of nitrogens with one attached hydrogen (secondary N) is 1. The third kappa shape index (κ3) is 2.16. The van der Waals surface area contributed by atoms with Gasteiger partial charge >= 0.3 is 5.97 Å². The largest absolute Gasteiger partial charge is 0.481 e. The van der Waals surface area contributed by atoms with Crippen LogP contribution in [0.15, 0.2) is 35.7 Å². The molecule has 0 bridgehead atoms. The van der Waals surface area contributed by atoms with Gasteiger partial charge in [0, 0.05) is 18.7 Å². The van der Waals surface area contributed by atoms with Crippen LogP contribution in [0.2, 0.25) is 0 Å². The molecule has 1 aromatic rings. The summed E-state index contributed by atoms with van der Waals surface area (Å²) >= 11 is 0. The first-order valence-electron chi connectivity index (χ1n) is 7.12. The molecule has 2 heterocycles. The molecule has 0 radical (unpaired) electrons. The highest BCUT2D eigenvalue weighted by Gasteiger charge is 2.45. The fourth-order valence-electron chi connectivity index (χ4n) is 3.03. The molecule has 0 aromatic heterocycles. The normalized spacial score (nSPS) is 20.1. The summed E-state index contributed by atoms with van der Waals surface area (Å²) in [6, 6.07) is 7.11. The van der Waals surface area contributed by atoms with Crippen molar-refractivity contribution in [1.82, 2.24) is 10.2 Å². The summed E-state index contributed by atoms with van der Waals surface area (Å²) in [6.07, 6.45) is -0.368. The summed E-state index contributed by atoms with van der Waals surface area (Å²) < 4.78 is 0. The molecule has 6 heteroatoms. The zero-order valence-corrected chi connectivity index (χ0v) is 12.1. The van der Waals surface area contributed by atoms with Crippen molar-refractivity contribution in [3.05, 3.63) is 46.8 Å². The summed E-state index contributed by atoms with van der Waals surface area (Å²) in [5, 5.41) is 12.1. The van der Waals surface area contributed by atoms with E-state index in [4.69, 9.17) is 5.11 Å². The summed E-state index contributed by atoms with van der Waals surface area (Å²) in [6.45, 7) is 2.86. The Balaban J connectivity index is 2.06. The summed E-state index contributed by atoms with van der Waals surface area (Å²) in [7, 11) is 0. The van der Waals surface area contributed by atoms with Gasteiger partial charge in [0.25, 0.3) is 0 Å². The first kappa shape index (κ1) is 14.3. The maximum Gasteiger partial charge on any atom is 0.304 e. The van der Waals surface area contributed by atoms with Gasteiger partial charge in [-0.25, -0.2) is 0 Å². The molecule has 1 aromatic carbocycles. The van der Waals surface area contributed by atoms with Crippen molar-refractivity contribution in [3.8, 4) is 0 Å². The van der Waals surface area contributed by atoms with Gasteiger partial charge in [0.05, 0.1) is 17.9 Å². The highest BCUT2D eigenvalue weighted by molar-refractivity contribution is 6.15. The summed E-state index contributed by atoms with van der Waals surface area (Å²) in [4.78, 5) is 37.8. The van der Waals surface area contributed by atoms with Crippen molar-refractivity contribution in [3.63, 3.8) is 0 Å². The maximum atomic E-state index is 12.9. The molecule has 114 valence electrons. The Kier molecular flexibility index (Phi) is 3.44. The molecule has 6 nitrogen and oxygen atoms in total. The number of amides is 1. The van der Waals surface area contributed by atoms with Crippen LogP contribution in [0.5, 0.6) is 0 Å². The number of nitrogens with zero attached hydrogens (tertiary/aromatic N) is 1. The van der Waals surface area contributed by atoms with Crippen molar-refractivity contribution in [1.29, 1.82) is 0 Å². The van der Waals surface area contributed by atoms with Crippen LogP contribution in [-0.2, 0) is 9.59 Å². The SMILES string of the molecule is Cc1ccccc1C(=O)C1=C2NCCN2C(=O)[C@@H]1CC(=O)O. The van der Waals surface area contributed by atoms with E-state index >= 15 is 0 Å². The first-order valence-corrected chi connectivity index (χ1v) is 7.12. The van der Waals surface area contributed by atoms with E-state index in [2.05, 4.69) is 5.32 Å². The Hall–Kier alpha value is -2.63. The zero-order chi connectivity index (χ0) is 15.9. The van der Waals surface area contributed by atoms with Gasteiger partial charge in [-0.05, 0) is 12.5 Å². The quantitative estimate of drug-likeness (QED) is 0.808. The number of hydrogen-bond acceptors (Lipinski definition) is 4. The number of carboxylic acid groups (broad SMARTS) is 1. The van der Waals surface area contributed by atoms with Gasteiger partial charge < -0.3 is 10.4 Å². The van der Waals surface area contributed by atoms with Crippen LogP contribution < -0.4 is 5.32 Å². The van der Waals surface area contributed by atoms with Crippen LogP contribution in [0.1, 0.15) is 22.3 Å². The van der Waals surface area contributed by atoms with Crippen LogP contribution in [0.4, 0.5) is 0 Å². The molecule has 0 saturated carbocycles.